The van der Waals surface area contributed by atoms with E-state index in [-0.39, 0.29) is 0 Å². The second-order valence-corrected chi connectivity index (χ2v) is 4.68. The van der Waals surface area contributed by atoms with E-state index in [1.165, 1.54) is 12.8 Å². The van der Waals surface area contributed by atoms with Crippen LogP contribution in [-0.4, -0.2) is 15.7 Å². The molecular formula is C11H9BrN2O. The predicted molar refractivity (Wildman–Crippen MR) is 60.3 cm³/mol. The molecule has 2 heterocycles. The number of fused-ring (bicyclic) bond motifs is 1. The van der Waals surface area contributed by atoms with E-state index >= 15 is 0 Å². The second kappa shape index (κ2) is 3.17. The standard InChI is InChI=1S/C11H9BrN2O/c12-8-2-1-5-14-10(8)9(6-15)13-11(14)7-3-4-7/h1-2,5-7H,3-4H2. The maximum absolute atomic E-state index is 10.9. The van der Waals surface area contributed by atoms with Gasteiger partial charge in [-0.3, -0.25) is 4.79 Å². The Hall–Kier alpha value is -1.16. The van der Waals surface area contributed by atoms with Crippen molar-refractivity contribution < 1.29 is 4.79 Å². The number of hydrogen-bond acceptors (Lipinski definition) is 2. The molecule has 76 valence electrons. The van der Waals surface area contributed by atoms with E-state index in [1.54, 1.807) is 0 Å². The van der Waals surface area contributed by atoms with Crippen LogP contribution >= 0.6 is 15.9 Å². The number of imidazole rings is 1. The van der Waals surface area contributed by atoms with Crippen LogP contribution in [0.3, 0.4) is 0 Å². The van der Waals surface area contributed by atoms with Crippen molar-refractivity contribution in [1.29, 1.82) is 0 Å². The summed E-state index contributed by atoms with van der Waals surface area (Å²) in [7, 11) is 0. The summed E-state index contributed by atoms with van der Waals surface area (Å²) < 4.78 is 2.94. The van der Waals surface area contributed by atoms with E-state index in [0.29, 0.717) is 11.6 Å². The molecule has 1 saturated carbocycles. The first-order valence-corrected chi connectivity index (χ1v) is 5.72. The van der Waals surface area contributed by atoms with Gasteiger partial charge in [-0.2, -0.15) is 0 Å². The van der Waals surface area contributed by atoms with Crippen LogP contribution in [0, 0.1) is 0 Å². The molecular weight excluding hydrogens is 256 g/mol. The Labute approximate surface area is 95.3 Å². The summed E-state index contributed by atoms with van der Waals surface area (Å²) in [5.41, 5.74) is 1.42. The molecule has 0 saturated heterocycles. The van der Waals surface area contributed by atoms with Crippen LogP contribution in [0.4, 0.5) is 0 Å². The van der Waals surface area contributed by atoms with Crippen molar-refractivity contribution in [2.75, 3.05) is 0 Å². The highest BCUT2D eigenvalue weighted by atomic mass is 79.9. The van der Waals surface area contributed by atoms with Crippen molar-refractivity contribution in [3.8, 4) is 0 Å². The minimum Gasteiger partial charge on any atom is -0.302 e. The number of carbonyl (C=O) groups is 1. The molecule has 2 aromatic heterocycles. The third kappa shape index (κ3) is 1.32. The van der Waals surface area contributed by atoms with Crippen LogP contribution in [-0.2, 0) is 0 Å². The summed E-state index contributed by atoms with van der Waals surface area (Å²) in [6.07, 6.45) is 5.16. The molecule has 4 heteroatoms. The minimum absolute atomic E-state index is 0.532. The van der Waals surface area contributed by atoms with Crippen molar-refractivity contribution in [2.24, 2.45) is 0 Å². The zero-order valence-electron chi connectivity index (χ0n) is 7.98. The first-order valence-electron chi connectivity index (χ1n) is 4.93. The number of aromatic nitrogens is 2. The van der Waals surface area contributed by atoms with Crippen molar-refractivity contribution >= 4 is 27.7 Å². The summed E-state index contributed by atoms with van der Waals surface area (Å²) in [4.78, 5) is 15.3. The van der Waals surface area contributed by atoms with Gasteiger partial charge in [0.1, 0.15) is 11.5 Å². The molecule has 1 aliphatic rings. The SMILES string of the molecule is O=Cc1nc(C2CC2)n2cccc(Br)c12. The van der Waals surface area contributed by atoms with E-state index < -0.39 is 0 Å². The summed E-state index contributed by atoms with van der Waals surface area (Å²) in [5, 5.41) is 0. The van der Waals surface area contributed by atoms with E-state index in [4.69, 9.17) is 0 Å². The molecule has 3 rings (SSSR count). The Morgan fingerprint density at radius 3 is 3.00 bits per heavy atom. The van der Waals surface area contributed by atoms with Crippen LogP contribution < -0.4 is 0 Å². The topological polar surface area (TPSA) is 34.4 Å². The number of hydrogen-bond donors (Lipinski definition) is 0. The molecule has 0 radical (unpaired) electrons. The van der Waals surface area contributed by atoms with Gasteiger partial charge in [0, 0.05) is 16.6 Å². The highest BCUT2D eigenvalue weighted by Gasteiger charge is 2.29. The average molecular weight is 265 g/mol. The highest BCUT2D eigenvalue weighted by Crippen LogP contribution is 2.40. The maximum atomic E-state index is 10.9. The molecule has 0 N–H and O–H groups in total. The van der Waals surface area contributed by atoms with Crippen molar-refractivity contribution in [1.82, 2.24) is 9.38 Å². The van der Waals surface area contributed by atoms with E-state index in [1.807, 2.05) is 22.7 Å². The molecule has 3 nitrogen and oxygen atoms in total. The molecule has 0 bridgehead atoms. The van der Waals surface area contributed by atoms with Gasteiger partial charge in [0.05, 0.1) is 5.52 Å². The van der Waals surface area contributed by atoms with Crippen LogP contribution in [0.15, 0.2) is 22.8 Å². The fourth-order valence-corrected chi connectivity index (χ4v) is 2.41. The van der Waals surface area contributed by atoms with Gasteiger partial charge in [0.25, 0.3) is 0 Å². The monoisotopic (exact) mass is 264 g/mol. The fourth-order valence-electron chi connectivity index (χ4n) is 1.86. The quantitative estimate of drug-likeness (QED) is 0.782. The molecule has 1 aliphatic carbocycles. The fraction of sp³-hybridized carbons (Fsp3) is 0.273. The van der Waals surface area contributed by atoms with Crippen molar-refractivity contribution in [3.05, 3.63) is 34.3 Å². The van der Waals surface area contributed by atoms with Gasteiger partial charge in [-0.15, -0.1) is 0 Å². The van der Waals surface area contributed by atoms with E-state index in [9.17, 15) is 4.79 Å². The van der Waals surface area contributed by atoms with Gasteiger partial charge in [0.15, 0.2) is 6.29 Å². The summed E-state index contributed by atoms with van der Waals surface area (Å²) in [5.74, 6) is 1.56. The Morgan fingerprint density at radius 1 is 1.53 bits per heavy atom. The third-order valence-electron chi connectivity index (χ3n) is 2.72. The first-order chi connectivity index (χ1) is 7.31. The van der Waals surface area contributed by atoms with Gasteiger partial charge >= 0.3 is 0 Å². The Balaban J connectivity index is 2.38. The molecule has 15 heavy (non-hydrogen) atoms. The van der Waals surface area contributed by atoms with Crippen LogP contribution in [0.1, 0.15) is 35.1 Å². The number of aldehydes is 1. The number of halogens is 1. The zero-order valence-corrected chi connectivity index (χ0v) is 9.57. The molecule has 2 aromatic rings. The first kappa shape index (κ1) is 9.09. The summed E-state index contributed by atoms with van der Waals surface area (Å²) in [6.45, 7) is 0. The Bertz CT molecular complexity index is 543. The lowest BCUT2D eigenvalue weighted by atomic mass is 10.3. The average Bonchev–Trinajstić information content (AvgIpc) is 3.00. The molecule has 0 unspecified atom stereocenters. The Morgan fingerprint density at radius 2 is 2.33 bits per heavy atom. The molecule has 1 fully saturated rings. The van der Waals surface area contributed by atoms with Crippen molar-refractivity contribution in [2.45, 2.75) is 18.8 Å². The normalized spacial score (nSPS) is 15.8. The molecule has 0 aliphatic heterocycles. The van der Waals surface area contributed by atoms with Gasteiger partial charge in [-0.25, -0.2) is 4.98 Å². The lowest BCUT2D eigenvalue weighted by molar-refractivity contribution is 0.112. The number of carbonyl (C=O) groups excluding carboxylic acids is 1. The van der Waals surface area contributed by atoms with E-state index in [0.717, 1.165) is 22.1 Å². The predicted octanol–water partition coefficient (Wildman–Crippen LogP) is 2.79. The third-order valence-corrected chi connectivity index (χ3v) is 3.36. The Kier molecular flexibility index (Phi) is 1.92. The summed E-state index contributed by atoms with van der Waals surface area (Å²) >= 11 is 3.45. The molecule has 0 atom stereocenters. The number of nitrogens with zero attached hydrogens (tertiary/aromatic N) is 2. The molecule has 0 spiro atoms. The minimum atomic E-state index is 0.532. The number of pyridine rings is 1. The molecule has 0 aromatic carbocycles. The van der Waals surface area contributed by atoms with Crippen LogP contribution in [0.2, 0.25) is 0 Å². The summed E-state index contributed by atoms with van der Waals surface area (Å²) in [6, 6.07) is 3.89. The second-order valence-electron chi connectivity index (χ2n) is 3.82. The van der Waals surface area contributed by atoms with Gasteiger partial charge in [-0.05, 0) is 40.9 Å². The number of rotatable bonds is 2. The smallest absolute Gasteiger partial charge is 0.170 e. The van der Waals surface area contributed by atoms with Crippen molar-refractivity contribution in [3.63, 3.8) is 0 Å². The zero-order chi connectivity index (χ0) is 10.4. The van der Waals surface area contributed by atoms with Gasteiger partial charge < -0.3 is 4.40 Å². The van der Waals surface area contributed by atoms with Crippen LogP contribution in [0.25, 0.3) is 5.52 Å². The highest BCUT2D eigenvalue weighted by molar-refractivity contribution is 9.10. The van der Waals surface area contributed by atoms with E-state index in [2.05, 4.69) is 20.9 Å². The lowest BCUT2D eigenvalue weighted by Crippen LogP contribution is -1.91. The van der Waals surface area contributed by atoms with Crippen LogP contribution in [0.5, 0.6) is 0 Å². The maximum Gasteiger partial charge on any atom is 0.170 e. The lowest BCUT2D eigenvalue weighted by Gasteiger charge is -1.99. The molecule has 0 amide bonds. The largest absolute Gasteiger partial charge is 0.302 e. The van der Waals surface area contributed by atoms with Gasteiger partial charge in [0.2, 0.25) is 0 Å². The van der Waals surface area contributed by atoms with Gasteiger partial charge in [-0.1, -0.05) is 0 Å².